The summed E-state index contributed by atoms with van der Waals surface area (Å²) >= 11 is 7.69. The third kappa shape index (κ3) is 5.84. The third-order valence-electron chi connectivity index (χ3n) is 4.15. The van der Waals surface area contributed by atoms with E-state index in [1.165, 1.54) is 11.8 Å². The maximum atomic E-state index is 12.2. The lowest BCUT2D eigenvalue weighted by Crippen LogP contribution is -2.25. The number of nitrogens with zero attached hydrogens (tertiary/aromatic N) is 3. The van der Waals surface area contributed by atoms with E-state index in [-0.39, 0.29) is 5.91 Å². The Morgan fingerprint density at radius 1 is 1.25 bits per heavy atom. The van der Waals surface area contributed by atoms with Gasteiger partial charge in [0.1, 0.15) is 11.0 Å². The van der Waals surface area contributed by atoms with Crippen molar-refractivity contribution in [2.45, 2.75) is 29.8 Å². The number of rotatable bonds is 10. The topological polar surface area (TPSA) is 58.1 Å². The fourth-order valence-electron chi connectivity index (χ4n) is 2.63. The molecule has 1 aromatic carbocycles. The lowest BCUT2D eigenvalue weighted by atomic mass is 10.1. The second kappa shape index (κ2) is 9.75. The van der Waals surface area contributed by atoms with Gasteiger partial charge in [-0.05, 0) is 30.5 Å². The van der Waals surface area contributed by atoms with Gasteiger partial charge in [0.2, 0.25) is 0 Å². The van der Waals surface area contributed by atoms with Crippen molar-refractivity contribution in [1.29, 1.82) is 0 Å². The molecule has 7 heteroatoms. The summed E-state index contributed by atoms with van der Waals surface area (Å²) in [6, 6.07) is 9.73. The number of benzene rings is 1. The average Bonchev–Trinajstić information content (AvgIpc) is 3.50. The highest BCUT2D eigenvalue weighted by Crippen LogP contribution is 2.25. The summed E-state index contributed by atoms with van der Waals surface area (Å²) in [5.74, 6) is 1.37. The van der Waals surface area contributed by atoms with E-state index >= 15 is 0 Å². The van der Waals surface area contributed by atoms with Crippen LogP contribution in [0, 0.1) is 0 Å². The molecule has 1 fully saturated rings. The van der Waals surface area contributed by atoms with Crippen molar-refractivity contribution in [1.82, 2.24) is 15.3 Å². The maximum absolute atomic E-state index is 12.2. The fourth-order valence-corrected chi connectivity index (χ4v) is 3.66. The molecular weight excluding hydrogens is 392 g/mol. The quantitative estimate of drug-likeness (QED) is 0.268. The minimum atomic E-state index is -0.0138. The van der Waals surface area contributed by atoms with Crippen LogP contribution in [-0.4, -0.2) is 35.0 Å². The van der Waals surface area contributed by atoms with E-state index < -0.39 is 0 Å². The number of carbonyl (C=O) groups excluding carboxylic acids is 1. The van der Waals surface area contributed by atoms with E-state index in [0.29, 0.717) is 40.8 Å². The lowest BCUT2D eigenvalue weighted by Gasteiger charge is -2.20. The van der Waals surface area contributed by atoms with Crippen LogP contribution < -0.4 is 10.2 Å². The molecule has 146 valence electrons. The van der Waals surface area contributed by atoms with Gasteiger partial charge in [-0.3, -0.25) is 4.79 Å². The molecule has 0 saturated heterocycles. The van der Waals surface area contributed by atoms with Gasteiger partial charge in [-0.25, -0.2) is 9.97 Å². The molecule has 1 saturated carbocycles. The van der Waals surface area contributed by atoms with Crippen molar-refractivity contribution in [3.8, 4) is 0 Å². The van der Waals surface area contributed by atoms with E-state index in [1.807, 2.05) is 41.3 Å². The van der Waals surface area contributed by atoms with Gasteiger partial charge in [0, 0.05) is 36.5 Å². The maximum Gasteiger partial charge on any atom is 0.251 e. The number of amides is 1. The Hall–Kier alpha value is -2.31. The Morgan fingerprint density at radius 3 is 2.68 bits per heavy atom. The molecule has 0 radical (unpaired) electrons. The first kappa shape index (κ1) is 20.4. The Labute approximate surface area is 174 Å². The van der Waals surface area contributed by atoms with Gasteiger partial charge in [0.05, 0.1) is 0 Å². The summed E-state index contributed by atoms with van der Waals surface area (Å²) in [7, 11) is 0. The molecule has 1 N–H and O–H groups in total. The molecule has 1 amide bonds. The first-order chi connectivity index (χ1) is 13.6. The largest absolute Gasteiger partial charge is 0.349 e. The fraction of sp³-hybridized carbons (Fsp3) is 0.286. The molecule has 0 spiro atoms. The summed E-state index contributed by atoms with van der Waals surface area (Å²) in [4.78, 5) is 23.2. The zero-order valence-corrected chi connectivity index (χ0v) is 17.2. The van der Waals surface area contributed by atoms with Crippen LogP contribution in [0.5, 0.6) is 0 Å². The minimum absolute atomic E-state index is 0.0138. The molecule has 2 aromatic rings. The normalized spacial score (nSPS) is 13.0. The Balaban J connectivity index is 1.69. The van der Waals surface area contributed by atoms with Crippen molar-refractivity contribution in [3.05, 3.63) is 71.9 Å². The van der Waals surface area contributed by atoms with Crippen LogP contribution in [-0.2, 0) is 5.75 Å². The van der Waals surface area contributed by atoms with Crippen LogP contribution in [0.15, 0.2) is 60.8 Å². The molecule has 1 heterocycles. The van der Waals surface area contributed by atoms with Crippen LogP contribution in [0.3, 0.4) is 0 Å². The zero-order valence-electron chi connectivity index (χ0n) is 15.6. The molecule has 0 atom stereocenters. The Kier molecular flexibility index (Phi) is 7.12. The minimum Gasteiger partial charge on any atom is -0.349 e. The summed E-state index contributed by atoms with van der Waals surface area (Å²) < 4.78 is 0. The van der Waals surface area contributed by atoms with Gasteiger partial charge in [0.15, 0.2) is 5.16 Å². The summed E-state index contributed by atoms with van der Waals surface area (Å²) in [5.41, 5.74) is 1.72. The van der Waals surface area contributed by atoms with Gasteiger partial charge in [-0.2, -0.15) is 0 Å². The second-order valence-corrected chi connectivity index (χ2v) is 7.88. The highest BCUT2D eigenvalue weighted by Gasteiger charge is 2.23. The van der Waals surface area contributed by atoms with Gasteiger partial charge in [-0.15, -0.1) is 13.2 Å². The van der Waals surface area contributed by atoms with Gasteiger partial charge in [0.25, 0.3) is 5.91 Å². The number of aromatic nitrogens is 2. The molecule has 0 bridgehead atoms. The monoisotopic (exact) mass is 414 g/mol. The van der Waals surface area contributed by atoms with Crippen LogP contribution in [0.2, 0.25) is 5.15 Å². The van der Waals surface area contributed by atoms with E-state index in [4.69, 9.17) is 11.6 Å². The number of anilines is 1. The highest BCUT2D eigenvalue weighted by molar-refractivity contribution is 7.98. The van der Waals surface area contributed by atoms with Crippen LogP contribution in [0.4, 0.5) is 5.82 Å². The van der Waals surface area contributed by atoms with Crippen molar-refractivity contribution in [2.24, 2.45) is 0 Å². The Morgan fingerprint density at radius 2 is 2.00 bits per heavy atom. The molecule has 28 heavy (non-hydrogen) atoms. The molecule has 1 aliphatic carbocycles. The predicted molar refractivity (Wildman–Crippen MR) is 116 cm³/mol. The van der Waals surface area contributed by atoms with Crippen molar-refractivity contribution in [3.63, 3.8) is 0 Å². The van der Waals surface area contributed by atoms with Gasteiger partial charge in [-0.1, -0.05) is 47.6 Å². The summed E-state index contributed by atoms with van der Waals surface area (Å²) in [6.45, 7) is 8.85. The SMILES string of the molecule is C=CCN(CC=C)c1cc(Cl)nc(SCc2cccc(C(=O)NC3CC3)c2)n1. The molecule has 5 nitrogen and oxygen atoms in total. The average molecular weight is 415 g/mol. The van der Waals surface area contributed by atoms with Crippen LogP contribution in [0.1, 0.15) is 28.8 Å². The van der Waals surface area contributed by atoms with Crippen molar-refractivity contribution < 1.29 is 4.79 Å². The number of halogens is 1. The van der Waals surface area contributed by atoms with Crippen LogP contribution >= 0.6 is 23.4 Å². The van der Waals surface area contributed by atoms with Crippen molar-refractivity contribution in [2.75, 3.05) is 18.0 Å². The van der Waals surface area contributed by atoms with Gasteiger partial charge >= 0.3 is 0 Å². The molecule has 0 unspecified atom stereocenters. The number of nitrogens with one attached hydrogen (secondary N) is 1. The van der Waals surface area contributed by atoms with E-state index in [1.54, 1.807) is 6.07 Å². The van der Waals surface area contributed by atoms with E-state index in [9.17, 15) is 4.79 Å². The number of hydrogen-bond acceptors (Lipinski definition) is 5. The molecule has 0 aliphatic heterocycles. The predicted octanol–water partition coefficient (Wildman–Crippen LogP) is 4.49. The van der Waals surface area contributed by atoms with Crippen LogP contribution in [0.25, 0.3) is 0 Å². The molecule has 1 aromatic heterocycles. The van der Waals surface area contributed by atoms with E-state index in [0.717, 1.165) is 24.2 Å². The first-order valence-corrected chi connectivity index (χ1v) is 10.5. The molecule has 1 aliphatic rings. The number of hydrogen-bond donors (Lipinski definition) is 1. The standard InChI is InChI=1S/C21H23ClN4OS/c1-3-10-26(11-4-2)19-13-18(22)24-21(25-19)28-14-15-6-5-7-16(12-15)20(27)23-17-8-9-17/h3-7,12-13,17H,1-2,8-11,14H2,(H,23,27). The summed E-state index contributed by atoms with van der Waals surface area (Å²) in [6.07, 6.45) is 5.77. The second-order valence-electron chi connectivity index (χ2n) is 6.55. The lowest BCUT2D eigenvalue weighted by molar-refractivity contribution is 0.0951. The highest BCUT2D eigenvalue weighted by atomic mass is 35.5. The van der Waals surface area contributed by atoms with Crippen molar-refractivity contribution >= 4 is 35.1 Å². The molecule has 3 rings (SSSR count). The number of thioether (sulfide) groups is 1. The van der Waals surface area contributed by atoms with Gasteiger partial charge < -0.3 is 10.2 Å². The third-order valence-corrected chi connectivity index (χ3v) is 5.27. The summed E-state index contributed by atoms with van der Waals surface area (Å²) in [5, 5.41) is 4.00. The smallest absolute Gasteiger partial charge is 0.251 e. The number of carbonyl (C=O) groups is 1. The zero-order chi connectivity index (χ0) is 19.9. The Bertz CT molecular complexity index is 859. The van der Waals surface area contributed by atoms with E-state index in [2.05, 4.69) is 28.4 Å². The first-order valence-electron chi connectivity index (χ1n) is 9.13. The molecular formula is C21H23ClN4OS.